The van der Waals surface area contributed by atoms with Crippen LogP contribution in [0.5, 0.6) is 5.75 Å². The number of anilines is 1. The highest BCUT2D eigenvalue weighted by Gasteiger charge is 2.37. The summed E-state index contributed by atoms with van der Waals surface area (Å²) < 4.78 is 41.0. The van der Waals surface area contributed by atoms with Gasteiger partial charge in [0.05, 0.1) is 23.5 Å². The predicted molar refractivity (Wildman–Crippen MR) is 98.3 cm³/mol. The van der Waals surface area contributed by atoms with E-state index in [1.165, 1.54) is 11.0 Å². The summed E-state index contributed by atoms with van der Waals surface area (Å²) in [7, 11) is 0. The lowest BCUT2D eigenvalue weighted by atomic mass is 10.1. The van der Waals surface area contributed by atoms with E-state index in [1.54, 1.807) is 18.3 Å². The molecule has 0 unspecified atom stereocenters. The Hall–Kier alpha value is -3.68. The average Bonchev–Trinajstić information content (AvgIpc) is 2.93. The van der Waals surface area contributed by atoms with E-state index in [-0.39, 0.29) is 17.8 Å². The lowest BCUT2D eigenvalue weighted by Gasteiger charge is -2.17. The number of hydrogen-bond donors (Lipinski definition) is 0. The van der Waals surface area contributed by atoms with Crippen LogP contribution < -0.4 is 9.64 Å². The minimum atomic E-state index is -4.88. The molecule has 1 aliphatic rings. The quantitative estimate of drug-likeness (QED) is 0.612. The van der Waals surface area contributed by atoms with Crippen molar-refractivity contribution in [1.82, 2.24) is 4.98 Å². The minimum absolute atomic E-state index is 0.0686. The fourth-order valence-corrected chi connectivity index (χ4v) is 3.11. The van der Waals surface area contributed by atoms with Crippen molar-refractivity contribution in [2.24, 2.45) is 0 Å². The van der Waals surface area contributed by atoms with Gasteiger partial charge in [-0.15, -0.1) is 13.2 Å². The van der Waals surface area contributed by atoms with Gasteiger partial charge in [0.15, 0.2) is 0 Å². The Balaban J connectivity index is 1.57. The number of ketones is 1. The van der Waals surface area contributed by atoms with Crippen LogP contribution in [-0.4, -0.2) is 23.0 Å². The van der Waals surface area contributed by atoms with E-state index in [9.17, 15) is 22.8 Å². The van der Waals surface area contributed by atoms with Gasteiger partial charge in [0.25, 0.3) is 11.7 Å². The number of amides is 1. The van der Waals surface area contributed by atoms with Crippen LogP contribution in [-0.2, 0) is 11.3 Å². The Morgan fingerprint density at radius 2 is 1.72 bits per heavy atom. The van der Waals surface area contributed by atoms with Gasteiger partial charge in [0.2, 0.25) is 0 Å². The van der Waals surface area contributed by atoms with E-state index in [0.717, 1.165) is 23.4 Å². The summed E-state index contributed by atoms with van der Waals surface area (Å²) in [5.74, 6) is -2.23. The normalized spacial score (nSPS) is 13.6. The van der Waals surface area contributed by atoms with Gasteiger partial charge in [-0.2, -0.15) is 0 Å². The number of aromatic nitrogens is 1. The predicted octanol–water partition coefficient (Wildman–Crippen LogP) is 4.38. The molecule has 1 aliphatic heterocycles. The second-order valence-electron chi connectivity index (χ2n) is 6.36. The smallest absolute Gasteiger partial charge is 0.406 e. The monoisotopic (exact) mass is 398 g/mol. The number of ether oxygens (including phenoxy) is 1. The fourth-order valence-electron chi connectivity index (χ4n) is 3.11. The van der Waals surface area contributed by atoms with E-state index in [4.69, 9.17) is 0 Å². The van der Waals surface area contributed by atoms with Crippen molar-refractivity contribution in [1.29, 1.82) is 0 Å². The molecule has 1 aromatic heterocycles. The van der Waals surface area contributed by atoms with Crippen molar-refractivity contribution in [3.8, 4) is 17.0 Å². The van der Waals surface area contributed by atoms with E-state index in [0.29, 0.717) is 5.56 Å². The van der Waals surface area contributed by atoms with E-state index in [2.05, 4.69) is 9.72 Å². The number of rotatable bonds is 4. The number of benzene rings is 2. The standard InChI is InChI=1S/C21H13F3N2O3/c22-21(23,24)29-15-7-9-18-16(10-15)19(27)20(28)26(18)12-13-6-8-17(25-11-13)14-4-2-1-3-5-14/h1-11H,12H2. The van der Waals surface area contributed by atoms with Gasteiger partial charge in [0.1, 0.15) is 5.75 Å². The summed E-state index contributed by atoms with van der Waals surface area (Å²) >= 11 is 0. The van der Waals surface area contributed by atoms with Crippen molar-refractivity contribution < 1.29 is 27.5 Å². The molecule has 146 valence electrons. The molecule has 5 nitrogen and oxygen atoms in total. The lowest BCUT2D eigenvalue weighted by molar-refractivity contribution is -0.274. The van der Waals surface area contributed by atoms with E-state index in [1.807, 2.05) is 30.3 Å². The molecule has 0 fully saturated rings. The van der Waals surface area contributed by atoms with Gasteiger partial charge in [-0.1, -0.05) is 36.4 Å². The third-order valence-electron chi connectivity index (χ3n) is 4.41. The van der Waals surface area contributed by atoms with Crippen molar-refractivity contribution in [3.05, 3.63) is 78.0 Å². The zero-order valence-corrected chi connectivity index (χ0v) is 14.8. The van der Waals surface area contributed by atoms with Crippen molar-refractivity contribution in [2.75, 3.05) is 4.90 Å². The zero-order chi connectivity index (χ0) is 20.6. The molecule has 2 heterocycles. The SMILES string of the molecule is O=C1C(=O)N(Cc2ccc(-c3ccccc3)nc2)c2ccc(OC(F)(F)F)cc21. The maximum atomic E-state index is 12.4. The minimum Gasteiger partial charge on any atom is -0.406 e. The highest BCUT2D eigenvalue weighted by molar-refractivity contribution is 6.52. The number of nitrogens with zero attached hydrogens (tertiary/aromatic N) is 2. The first kappa shape index (κ1) is 18.7. The second kappa shape index (κ2) is 7.05. The molecule has 0 radical (unpaired) electrons. The Labute approximate surface area is 163 Å². The summed E-state index contributed by atoms with van der Waals surface area (Å²) in [4.78, 5) is 30.1. The maximum absolute atomic E-state index is 12.4. The number of halogens is 3. The first-order valence-electron chi connectivity index (χ1n) is 8.58. The molecule has 0 bridgehead atoms. The van der Waals surface area contributed by atoms with Gasteiger partial charge in [0, 0.05) is 11.8 Å². The van der Waals surface area contributed by atoms with E-state index < -0.39 is 23.8 Å². The third-order valence-corrected chi connectivity index (χ3v) is 4.41. The van der Waals surface area contributed by atoms with Crippen LogP contribution in [0.15, 0.2) is 66.9 Å². The molecule has 3 aromatic rings. The van der Waals surface area contributed by atoms with Crippen molar-refractivity contribution in [2.45, 2.75) is 12.9 Å². The number of carbonyl (C=O) groups excluding carboxylic acids is 2. The van der Waals surface area contributed by atoms with E-state index >= 15 is 0 Å². The molecule has 0 N–H and O–H groups in total. The first-order chi connectivity index (χ1) is 13.8. The molecule has 4 rings (SSSR count). The molecule has 0 saturated carbocycles. The summed E-state index contributed by atoms with van der Waals surface area (Å²) in [5.41, 5.74) is 2.49. The molecule has 0 aliphatic carbocycles. The Morgan fingerprint density at radius 3 is 2.38 bits per heavy atom. The summed E-state index contributed by atoms with van der Waals surface area (Å²) in [5, 5.41) is 0. The second-order valence-corrected chi connectivity index (χ2v) is 6.36. The Kier molecular flexibility index (Phi) is 4.54. The van der Waals surface area contributed by atoms with Crippen LogP contribution in [0.1, 0.15) is 15.9 Å². The summed E-state index contributed by atoms with van der Waals surface area (Å²) in [6.45, 7) is 0.0686. The Morgan fingerprint density at radius 1 is 0.966 bits per heavy atom. The number of fused-ring (bicyclic) bond motifs is 1. The highest BCUT2D eigenvalue weighted by atomic mass is 19.4. The van der Waals surface area contributed by atoms with Crippen LogP contribution in [0.4, 0.5) is 18.9 Å². The molecule has 1 amide bonds. The van der Waals surface area contributed by atoms with Crippen molar-refractivity contribution >= 4 is 17.4 Å². The lowest BCUT2D eigenvalue weighted by Crippen LogP contribution is -2.29. The number of Topliss-reactive ketones (excluding diaryl/α,β-unsaturated/α-hetero) is 1. The van der Waals surface area contributed by atoms with Gasteiger partial charge >= 0.3 is 6.36 Å². The molecule has 8 heteroatoms. The highest BCUT2D eigenvalue weighted by Crippen LogP contribution is 2.35. The van der Waals surface area contributed by atoms with Gasteiger partial charge in [-0.25, -0.2) is 0 Å². The summed E-state index contributed by atoms with van der Waals surface area (Å²) in [6, 6.07) is 16.4. The molecule has 29 heavy (non-hydrogen) atoms. The number of pyridine rings is 1. The zero-order valence-electron chi connectivity index (χ0n) is 14.8. The number of carbonyl (C=O) groups is 2. The number of alkyl halides is 3. The van der Waals surface area contributed by atoms with Crippen LogP contribution >= 0.6 is 0 Å². The van der Waals surface area contributed by atoms with Crippen LogP contribution in [0.25, 0.3) is 11.3 Å². The first-order valence-corrected chi connectivity index (χ1v) is 8.58. The topological polar surface area (TPSA) is 59.5 Å². The third kappa shape index (κ3) is 3.82. The van der Waals surface area contributed by atoms with Gasteiger partial charge in [-0.05, 0) is 29.8 Å². The van der Waals surface area contributed by atoms with Gasteiger partial charge < -0.3 is 9.64 Å². The Bertz CT molecular complexity index is 1080. The van der Waals surface area contributed by atoms with Crippen LogP contribution in [0.3, 0.4) is 0 Å². The molecular formula is C21H13F3N2O3. The van der Waals surface area contributed by atoms with Crippen LogP contribution in [0.2, 0.25) is 0 Å². The number of hydrogen-bond acceptors (Lipinski definition) is 4. The summed E-state index contributed by atoms with van der Waals surface area (Å²) in [6.07, 6.45) is -3.29. The average molecular weight is 398 g/mol. The molecule has 2 aromatic carbocycles. The fraction of sp³-hybridized carbons (Fsp3) is 0.0952. The van der Waals surface area contributed by atoms with Gasteiger partial charge in [-0.3, -0.25) is 14.6 Å². The van der Waals surface area contributed by atoms with Crippen molar-refractivity contribution in [3.63, 3.8) is 0 Å². The largest absolute Gasteiger partial charge is 0.573 e. The van der Waals surface area contributed by atoms with Crippen LogP contribution in [0, 0.1) is 0 Å². The molecule has 0 saturated heterocycles. The maximum Gasteiger partial charge on any atom is 0.573 e. The molecule has 0 spiro atoms. The molecular weight excluding hydrogens is 385 g/mol. The molecule has 0 atom stereocenters.